The van der Waals surface area contributed by atoms with Crippen molar-refractivity contribution in [1.82, 2.24) is 0 Å². The van der Waals surface area contributed by atoms with E-state index in [1.165, 1.54) is 7.11 Å². The summed E-state index contributed by atoms with van der Waals surface area (Å²) in [6.07, 6.45) is 4.33. The zero-order valence-corrected chi connectivity index (χ0v) is 11.4. The fraction of sp³-hybridized carbons (Fsp3) is 0.333. The first-order chi connectivity index (χ1) is 9.74. The van der Waals surface area contributed by atoms with Gasteiger partial charge in [-0.05, 0) is 25.0 Å². The van der Waals surface area contributed by atoms with Crippen LogP contribution in [0.15, 0.2) is 42.5 Å². The van der Waals surface area contributed by atoms with Crippen LogP contribution in [0.4, 0.5) is 4.79 Å². The van der Waals surface area contributed by atoms with Gasteiger partial charge in [-0.25, -0.2) is 9.59 Å². The predicted octanol–water partition coefficient (Wildman–Crippen LogP) is 2.96. The molecule has 0 bridgehead atoms. The van der Waals surface area contributed by atoms with E-state index in [0.29, 0.717) is 18.6 Å². The monoisotopic (exact) mass is 278 g/mol. The third-order valence-corrected chi connectivity index (χ3v) is 2.39. The van der Waals surface area contributed by atoms with Crippen molar-refractivity contribution >= 4 is 12.1 Å². The Morgan fingerprint density at radius 2 is 1.85 bits per heavy atom. The van der Waals surface area contributed by atoms with Crippen molar-refractivity contribution in [2.45, 2.75) is 12.8 Å². The number of rotatable bonds is 7. The summed E-state index contributed by atoms with van der Waals surface area (Å²) in [6.45, 7) is 0.534. The summed E-state index contributed by atoms with van der Waals surface area (Å²) < 4.78 is 14.1. The molecule has 0 radical (unpaired) electrons. The van der Waals surface area contributed by atoms with Crippen LogP contribution in [0.2, 0.25) is 0 Å². The van der Waals surface area contributed by atoms with Crippen molar-refractivity contribution in [1.29, 1.82) is 0 Å². The quantitative estimate of drug-likeness (QED) is 0.436. The van der Waals surface area contributed by atoms with Crippen molar-refractivity contribution in [2.75, 3.05) is 20.3 Å². The SMILES string of the molecule is COC(=O)OC/C=C\CCCOC(=O)c1ccccc1. The molecule has 0 aliphatic rings. The smallest absolute Gasteiger partial charge is 0.462 e. The Labute approximate surface area is 118 Å². The fourth-order valence-corrected chi connectivity index (χ4v) is 1.38. The predicted molar refractivity (Wildman–Crippen MR) is 73.5 cm³/mol. The van der Waals surface area contributed by atoms with Gasteiger partial charge in [0.1, 0.15) is 6.61 Å². The summed E-state index contributed by atoms with van der Waals surface area (Å²) in [6, 6.07) is 8.86. The van der Waals surface area contributed by atoms with Gasteiger partial charge in [0.15, 0.2) is 0 Å². The summed E-state index contributed by atoms with van der Waals surface area (Å²) in [4.78, 5) is 22.2. The highest BCUT2D eigenvalue weighted by molar-refractivity contribution is 5.89. The molecule has 0 spiro atoms. The Balaban J connectivity index is 2.06. The van der Waals surface area contributed by atoms with Crippen LogP contribution < -0.4 is 0 Å². The zero-order chi connectivity index (χ0) is 14.6. The van der Waals surface area contributed by atoms with Gasteiger partial charge in [-0.3, -0.25) is 0 Å². The molecule has 5 nitrogen and oxygen atoms in total. The third-order valence-electron chi connectivity index (χ3n) is 2.39. The van der Waals surface area contributed by atoms with E-state index in [4.69, 9.17) is 4.74 Å². The van der Waals surface area contributed by atoms with Gasteiger partial charge in [0.2, 0.25) is 0 Å². The van der Waals surface area contributed by atoms with Crippen LogP contribution in [0.3, 0.4) is 0 Å². The van der Waals surface area contributed by atoms with E-state index in [9.17, 15) is 9.59 Å². The highest BCUT2D eigenvalue weighted by Crippen LogP contribution is 2.02. The first-order valence-electron chi connectivity index (χ1n) is 6.32. The fourth-order valence-electron chi connectivity index (χ4n) is 1.38. The van der Waals surface area contributed by atoms with Crippen molar-refractivity contribution in [3.63, 3.8) is 0 Å². The van der Waals surface area contributed by atoms with E-state index < -0.39 is 6.16 Å². The number of benzene rings is 1. The average Bonchev–Trinajstić information content (AvgIpc) is 2.50. The van der Waals surface area contributed by atoms with E-state index >= 15 is 0 Å². The maximum absolute atomic E-state index is 11.6. The summed E-state index contributed by atoms with van der Waals surface area (Å²) in [5, 5.41) is 0. The molecule has 108 valence electrons. The standard InChI is InChI=1S/C15H18O5/c1-18-15(17)20-12-8-3-2-7-11-19-14(16)13-9-5-4-6-10-13/h3-6,8-10H,2,7,11-12H2,1H3/b8-3-. The molecule has 0 atom stereocenters. The van der Waals surface area contributed by atoms with Crippen molar-refractivity contribution in [2.24, 2.45) is 0 Å². The molecule has 0 N–H and O–H groups in total. The molecule has 0 saturated carbocycles. The summed E-state index contributed by atoms with van der Waals surface area (Å²) in [5.74, 6) is -0.316. The Hall–Kier alpha value is -2.30. The Bertz CT molecular complexity index is 439. The van der Waals surface area contributed by atoms with E-state index in [-0.39, 0.29) is 12.6 Å². The molecule has 5 heteroatoms. The zero-order valence-electron chi connectivity index (χ0n) is 11.4. The maximum atomic E-state index is 11.6. The molecule has 0 fully saturated rings. The number of methoxy groups -OCH3 is 1. The molecule has 0 unspecified atom stereocenters. The molecule has 0 aliphatic heterocycles. The van der Waals surface area contributed by atoms with Gasteiger partial charge in [-0.15, -0.1) is 0 Å². The van der Waals surface area contributed by atoms with Crippen LogP contribution in [0, 0.1) is 0 Å². The van der Waals surface area contributed by atoms with Crippen molar-refractivity contribution < 1.29 is 23.8 Å². The van der Waals surface area contributed by atoms with Crippen molar-refractivity contribution in [3.05, 3.63) is 48.0 Å². The molecule has 0 heterocycles. The normalized spacial score (nSPS) is 10.2. The molecule has 0 amide bonds. The lowest BCUT2D eigenvalue weighted by Crippen LogP contribution is -2.06. The molecule has 0 aromatic heterocycles. The number of hydrogen-bond donors (Lipinski definition) is 0. The Morgan fingerprint density at radius 1 is 1.10 bits per heavy atom. The minimum atomic E-state index is -0.702. The first-order valence-corrected chi connectivity index (χ1v) is 6.32. The van der Waals surface area contributed by atoms with E-state index in [2.05, 4.69) is 9.47 Å². The minimum absolute atomic E-state index is 0.177. The van der Waals surface area contributed by atoms with Gasteiger partial charge < -0.3 is 14.2 Å². The Morgan fingerprint density at radius 3 is 2.55 bits per heavy atom. The number of hydrogen-bond acceptors (Lipinski definition) is 5. The third kappa shape index (κ3) is 6.58. The molecule has 20 heavy (non-hydrogen) atoms. The van der Waals surface area contributed by atoms with Crippen LogP contribution >= 0.6 is 0 Å². The summed E-state index contributed by atoms with van der Waals surface area (Å²) in [7, 11) is 1.26. The van der Waals surface area contributed by atoms with Crippen LogP contribution in [0.5, 0.6) is 0 Å². The number of allylic oxidation sites excluding steroid dienone is 1. The molecule has 1 aromatic carbocycles. The minimum Gasteiger partial charge on any atom is -0.462 e. The second-order valence-electron chi connectivity index (χ2n) is 3.88. The summed E-state index contributed by atoms with van der Waals surface area (Å²) in [5.41, 5.74) is 0.550. The highest BCUT2D eigenvalue weighted by Gasteiger charge is 2.04. The highest BCUT2D eigenvalue weighted by atomic mass is 16.7. The van der Waals surface area contributed by atoms with E-state index in [1.54, 1.807) is 30.3 Å². The van der Waals surface area contributed by atoms with Crippen LogP contribution in [0.25, 0.3) is 0 Å². The van der Waals surface area contributed by atoms with E-state index in [0.717, 1.165) is 6.42 Å². The average molecular weight is 278 g/mol. The first kappa shape index (κ1) is 15.8. The second kappa shape index (κ2) is 9.61. The van der Waals surface area contributed by atoms with Gasteiger partial charge in [0.25, 0.3) is 0 Å². The molecule has 0 aliphatic carbocycles. The Kier molecular flexibility index (Phi) is 7.57. The number of unbranched alkanes of at least 4 members (excludes halogenated alkanes) is 1. The summed E-state index contributed by atoms with van der Waals surface area (Å²) >= 11 is 0. The van der Waals surface area contributed by atoms with Gasteiger partial charge in [-0.1, -0.05) is 30.4 Å². The van der Waals surface area contributed by atoms with Crippen LogP contribution in [-0.4, -0.2) is 32.4 Å². The van der Waals surface area contributed by atoms with Gasteiger partial charge in [-0.2, -0.15) is 0 Å². The molecule has 0 saturated heterocycles. The molecule has 1 aromatic rings. The number of carbonyl (C=O) groups is 2. The lowest BCUT2D eigenvalue weighted by Gasteiger charge is -2.03. The van der Waals surface area contributed by atoms with Gasteiger partial charge in [0, 0.05) is 0 Å². The van der Waals surface area contributed by atoms with E-state index in [1.807, 2.05) is 12.1 Å². The molecule has 1 rings (SSSR count). The largest absolute Gasteiger partial charge is 0.508 e. The molecular weight excluding hydrogens is 260 g/mol. The number of esters is 1. The van der Waals surface area contributed by atoms with Crippen molar-refractivity contribution in [3.8, 4) is 0 Å². The maximum Gasteiger partial charge on any atom is 0.508 e. The van der Waals surface area contributed by atoms with Gasteiger partial charge >= 0.3 is 12.1 Å². The lowest BCUT2D eigenvalue weighted by molar-refractivity contribution is 0.0500. The van der Waals surface area contributed by atoms with Crippen LogP contribution in [0.1, 0.15) is 23.2 Å². The molecular formula is C15H18O5. The number of carbonyl (C=O) groups excluding carboxylic acids is 2. The van der Waals surface area contributed by atoms with Crippen LogP contribution in [-0.2, 0) is 14.2 Å². The topological polar surface area (TPSA) is 61.8 Å². The van der Waals surface area contributed by atoms with Gasteiger partial charge in [0.05, 0.1) is 19.3 Å². The lowest BCUT2D eigenvalue weighted by atomic mass is 10.2. The number of ether oxygens (including phenoxy) is 3. The second-order valence-corrected chi connectivity index (χ2v) is 3.88.